The fraction of sp³-hybridized carbons (Fsp3) is 0.318. The van der Waals surface area contributed by atoms with E-state index < -0.39 is 0 Å². The monoisotopic (exact) mass is 347 g/mol. The molecule has 1 unspecified atom stereocenters. The van der Waals surface area contributed by atoms with Crippen LogP contribution in [-0.4, -0.2) is 32.1 Å². The number of furan rings is 1. The fourth-order valence-corrected chi connectivity index (χ4v) is 4.67. The number of likely N-dealkylation sites (tertiary alicyclic amines) is 1. The van der Waals surface area contributed by atoms with E-state index in [1.54, 1.807) is 0 Å². The topological polar surface area (TPSA) is 37.9 Å². The van der Waals surface area contributed by atoms with Gasteiger partial charge in [-0.05, 0) is 30.7 Å². The normalized spacial score (nSPS) is 24.5. The number of fused-ring (bicyclic) bond motifs is 4. The summed E-state index contributed by atoms with van der Waals surface area (Å²) in [5.41, 5.74) is 4.40. The zero-order valence-corrected chi connectivity index (χ0v) is 15.2. The maximum absolute atomic E-state index is 13.4. The summed E-state index contributed by atoms with van der Waals surface area (Å²) in [7, 11) is 2.25. The Kier molecular flexibility index (Phi) is 3.44. The lowest BCUT2D eigenvalue weighted by Crippen LogP contribution is -3.11. The van der Waals surface area contributed by atoms with Gasteiger partial charge < -0.3 is 14.2 Å². The Morgan fingerprint density at radius 1 is 1.19 bits per heavy atom. The van der Waals surface area contributed by atoms with Crippen LogP contribution < -0.4 is 9.80 Å². The number of aryl methyl sites for hydroxylation is 1. The van der Waals surface area contributed by atoms with Crippen LogP contribution in [-0.2, 0) is 0 Å². The van der Waals surface area contributed by atoms with Crippen LogP contribution >= 0.6 is 0 Å². The SMILES string of the molecule is Cc1ccc2c(c1)[C@@H]1C[NH+](C)CC[C@@H]1N2C(=O)c1cc2ccccc2o1. The smallest absolute Gasteiger partial charge is 0.294 e. The molecule has 1 saturated heterocycles. The van der Waals surface area contributed by atoms with Crippen LogP contribution in [0.15, 0.2) is 52.9 Å². The average Bonchev–Trinajstić information content (AvgIpc) is 3.20. The van der Waals surface area contributed by atoms with Gasteiger partial charge in [-0.1, -0.05) is 35.9 Å². The number of para-hydroxylation sites is 1. The molecule has 0 spiro atoms. The minimum atomic E-state index is -0.0154. The second kappa shape index (κ2) is 5.71. The van der Waals surface area contributed by atoms with Gasteiger partial charge in [-0.2, -0.15) is 0 Å². The molecule has 1 amide bonds. The molecule has 1 aromatic heterocycles. The number of piperidine rings is 1. The number of nitrogens with one attached hydrogen (secondary N) is 1. The van der Waals surface area contributed by atoms with Crippen molar-refractivity contribution < 1.29 is 14.1 Å². The highest BCUT2D eigenvalue weighted by Gasteiger charge is 2.46. The molecule has 1 fully saturated rings. The highest BCUT2D eigenvalue weighted by molar-refractivity contribution is 6.08. The highest BCUT2D eigenvalue weighted by Crippen LogP contribution is 2.44. The molecule has 4 nitrogen and oxygen atoms in total. The lowest BCUT2D eigenvalue weighted by molar-refractivity contribution is -0.886. The van der Waals surface area contributed by atoms with E-state index in [0.717, 1.165) is 36.2 Å². The van der Waals surface area contributed by atoms with E-state index in [4.69, 9.17) is 4.42 Å². The van der Waals surface area contributed by atoms with Crippen molar-refractivity contribution in [2.75, 3.05) is 25.0 Å². The molecular formula is C22H23N2O2+. The minimum absolute atomic E-state index is 0.0154. The van der Waals surface area contributed by atoms with Crippen molar-refractivity contribution in [3.8, 4) is 0 Å². The summed E-state index contributed by atoms with van der Waals surface area (Å²) >= 11 is 0. The molecule has 2 aliphatic heterocycles. The second-order valence-corrected chi connectivity index (χ2v) is 7.76. The quantitative estimate of drug-likeness (QED) is 0.735. The molecule has 1 N–H and O–H groups in total. The number of hydrogen-bond acceptors (Lipinski definition) is 2. The van der Waals surface area contributed by atoms with E-state index in [1.165, 1.54) is 16.0 Å². The molecule has 2 aromatic carbocycles. The summed E-state index contributed by atoms with van der Waals surface area (Å²) in [6, 6.07) is 16.4. The van der Waals surface area contributed by atoms with Gasteiger partial charge >= 0.3 is 0 Å². The van der Waals surface area contributed by atoms with Gasteiger partial charge in [0.15, 0.2) is 5.76 Å². The molecule has 0 bridgehead atoms. The van der Waals surface area contributed by atoms with Gasteiger partial charge in [-0.25, -0.2) is 0 Å². The first-order valence-electron chi connectivity index (χ1n) is 9.36. The van der Waals surface area contributed by atoms with Gasteiger partial charge in [0.1, 0.15) is 5.58 Å². The predicted molar refractivity (Wildman–Crippen MR) is 102 cm³/mol. The number of carbonyl (C=O) groups is 1. The molecule has 4 heteroatoms. The molecular weight excluding hydrogens is 324 g/mol. The number of likely N-dealkylation sites (N-methyl/N-ethyl adjacent to an activating group) is 1. The first-order valence-corrected chi connectivity index (χ1v) is 9.36. The Labute approximate surface area is 153 Å². The van der Waals surface area contributed by atoms with Crippen LogP contribution in [0.25, 0.3) is 11.0 Å². The van der Waals surface area contributed by atoms with Crippen molar-refractivity contribution in [1.29, 1.82) is 0 Å². The molecule has 0 radical (unpaired) electrons. The zero-order chi connectivity index (χ0) is 17.8. The average molecular weight is 347 g/mol. The second-order valence-electron chi connectivity index (χ2n) is 7.76. The van der Waals surface area contributed by atoms with Gasteiger partial charge in [0, 0.05) is 17.5 Å². The maximum atomic E-state index is 13.4. The maximum Gasteiger partial charge on any atom is 0.294 e. The van der Waals surface area contributed by atoms with Crippen molar-refractivity contribution in [2.24, 2.45) is 0 Å². The summed E-state index contributed by atoms with van der Waals surface area (Å²) in [5, 5.41) is 0.976. The third-order valence-corrected chi connectivity index (χ3v) is 5.93. The van der Waals surface area contributed by atoms with E-state index in [0.29, 0.717) is 11.7 Å². The highest BCUT2D eigenvalue weighted by atomic mass is 16.3. The number of carbonyl (C=O) groups excluding carboxylic acids is 1. The fourth-order valence-electron chi connectivity index (χ4n) is 4.67. The van der Waals surface area contributed by atoms with Crippen molar-refractivity contribution in [2.45, 2.75) is 25.3 Å². The number of benzene rings is 2. The van der Waals surface area contributed by atoms with E-state index in [2.05, 4.69) is 32.2 Å². The summed E-state index contributed by atoms with van der Waals surface area (Å²) in [6.07, 6.45) is 1.02. The lowest BCUT2D eigenvalue weighted by Gasteiger charge is -2.34. The van der Waals surface area contributed by atoms with Gasteiger partial charge in [-0.3, -0.25) is 4.79 Å². The molecule has 26 heavy (non-hydrogen) atoms. The number of rotatable bonds is 1. The standard InChI is InChI=1S/C22H22N2O2/c1-14-7-8-18-16(11-14)17-13-23(2)10-9-19(17)24(18)22(25)21-12-15-5-3-4-6-20(15)26-21/h3-8,11-12,17,19H,9-10,13H2,1-2H3/p+1/t17-,19-/m0/s1. The first kappa shape index (κ1) is 15.6. The molecule has 5 rings (SSSR count). The van der Waals surface area contributed by atoms with E-state index in [-0.39, 0.29) is 11.9 Å². The molecule has 2 aliphatic rings. The number of anilines is 1. The van der Waals surface area contributed by atoms with E-state index in [1.807, 2.05) is 35.2 Å². The van der Waals surface area contributed by atoms with Crippen LogP contribution in [0.2, 0.25) is 0 Å². The van der Waals surface area contributed by atoms with Gasteiger partial charge in [-0.15, -0.1) is 0 Å². The van der Waals surface area contributed by atoms with Crippen LogP contribution in [0.5, 0.6) is 0 Å². The Morgan fingerprint density at radius 2 is 2.04 bits per heavy atom. The molecule has 0 saturated carbocycles. The molecule has 3 atom stereocenters. The summed E-state index contributed by atoms with van der Waals surface area (Å²) in [5.74, 6) is 0.829. The third-order valence-electron chi connectivity index (χ3n) is 5.93. The lowest BCUT2D eigenvalue weighted by atomic mass is 9.89. The summed E-state index contributed by atoms with van der Waals surface area (Å²) in [4.78, 5) is 17.0. The largest absolute Gasteiger partial charge is 0.451 e. The predicted octanol–water partition coefficient (Wildman–Crippen LogP) is 2.77. The van der Waals surface area contributed by atoms with Crippen molar-refractivity contribution in [3.05, 3.63) is 65.4 Å². The zero-order valence-electron chi connectivity index (χ0n) is 15.2. The van der Waals surface area contributed by atoms with Crippen molar-refractivity contribution >= 4 is 22.6 Å². The van der Waals surface area contributed by atoms with Crippen molar-refractivity contribution in [1.82, 2.24) is 0 Å². The van der Waals surface area contributed by atoms with E-state index >= 15 is 0 Å². The van der Waals surface area contributed by atoms with Gasteiger partial charge in [0.2, 0.25) is 0 Å². The Bertz CT molecular complexity index is 973. The Morgan fingerprint density at radius 3 is 2.88 bits per heavy atom. The number of amides is 1. The minimum Gasteiger partial charge on any atom is -0.451 e. The Balaban J connectivity index is 1.60. The van der Waals surface area contributed by atoms with Crippen LogP contribution in [0.1, 0.15) is 34.0 Å². The van der Waals surface area contributed by atoms with Gasteiger partial charge in [0.25, 0.3) is 5.91 Å². The van der Waals surface area contributed by atoms with Crippen LogP contribution in [0.3, 0.4) is 0 Å². The molecule has 3 aromatic rings. The van der Waals surface area contributed by atoms with Gasteiger partial charge in [0.05, 0.1) is 32.1 Å². The number of hydrogen-bond donors (Lipinski definition) is 1. The molecule has 0 aliphatic carbocycles. The Hall–Kier alpha value is -2.59. The summed E-state index contributed by atoms with van der Waals surface area (Å²) in [6.45, 7) is 4.29. The van der Waals surface area contributed by atoms with E-state index in [9.17, 15) is 4.79 Å². The first-order chi connectivity index (χ1) is 12.6. The molecule has 3 heterocycles. The van der Waals surface area contributed by atoms with Crippen molar-refractivity contribution in [3.63, 3.8) is 0 Å². The number of quaternary nitrogens is 1. The summed E-state index contributed by atoms with van der Waals surface area (Å²) < 4.78 is 5.89. The van der Waals surface area contributed by atoms with Crippen LogP contribution in [0.4, 0.5) is 5.69 Å². The third kappa shape index (κ3) is 2.29. The molecule has 132 valence electrons. The number of nitrogens with zero attached hydrogens (tertiary/aromatic N) is 1. The van der Waals surface area contributed by atoms with Crippen LogP contribution in [0, 0.1) is 6.92 Å².